The first-order chi connectivity index (χ1) is 15.7. The van der Waals surface area contributed by atoms with Gasteiger partial charge < -0.3 is 25.2 Å². The number of hydrogen-bond donors (Lipinski definition) is 2. The Hall–Kier alpha value is -2.84. The number of piperidine rings is 1. The van der Waals surface area contributed by atoms with Crippen LogP contribution in [0.15, 0.2) is 42.6 Å². The number of aromatic nitrogens is 2. The Morgan fingerprint density at radius 1 is 1.03 bits per heavy atom. The van der Waals surface area contributed by atoms with Crippen LogP contribution in [0.1, 0.15) is 12.8 Å². The predicted molar refractivity (Wildman–Crippen MR) is 131 cm³/mol. The topological polar surface area (TPSA) is 65.6 Å². The lowest BCUT2D eigenvalue weighted by atomic mass is 9.92. The molecule has 0 spiro atoms. The zero-order valence-corrected chi connectivity index (χ0v) is 18.6. The minimum Gasteiger partial charge on any atom is -0.488 e. The highest BCUT2D eigenvalue weighted by Gasteiger charge is 2.17. The van der Waals surface area contributed by atoms with Gasteiger partial charge in [0.25, 0.3) is 0 Å². The molecule has 164 valence electrons. The summed E-state index contributed by atoms with van der Waals surface area (Å²) in [7, 11) is 8.35. The van der Waals surface area contributed by atoms with Crippen molar-refractivity contribution >= 4 is 41.5 Å². The van der Waals surface area contributed by atoms with Crippen LogP contribution in [0, 0.1) is 0 Å². The molecule has 3 aromatic rings. The van der Waals surface area contributed by atoms with Crippen molar-refractivity contribution in [3.05, 3.63) is 42.6 Å². The van der Waals surface area contributed by atoms with Gasteiger partial charge in [-0.25, -0.2) is 9.97 Å². The van der Waals surface area contributed by atoms with Crippen LogP contribution in [0.2, 0.25) is 0 Å². The van der Waals surface area contributed by atoms with E-state index in [2.05, 4.69) is 56.7 Å². The van der Waals surface area contributed by atoms with Crippen molar-refractivity contribution in [3.8, 4) is 5.75 Å². The summed E-state index contributed by atoms with van der Waals surface area (Å²) in [5.74, 6) is 1.29. The average Bonchev–Trinajstić information content (AvgIpc) is 2.83. The Morgan fingerprint density at radius 2 is 1.78 bits per heavy atom. The van der Waals surface area contributed by atoms with Gasteiger partial charge in [-0.15, -0.1) is 0 Å². The van der Waals surface area contributed by atoms with E-state index in [0.29, 0.717) is 11.4 Å². The van der Waals surface area contributed by atoms with E-state index >= 15 is 0 Å². The van der Waals surface area contributed by atoms with Crippen LogP contribution in [0.4, 0.5) is 17.3 Å². The molecule has 7 nitrogen and oxygen atoms in total. The third-order valence-corrected chi connectivity index (χ3v) is 6.32. The highest BCUT2D eigenvalue weighted by Crippen LogP contribution is 2.27. The summed E-state index contributed by atoms with van der Waals surface area (Å²) < 4.78 is 6.30. The van der Waals surface area contributed by atoms with E-state index in [9.17, 15) is 0 Å². The van der Waals surface area contributed by atoms with Gasteiger partial charge in [0.05, 0.1) is 0 Å². The minimum atomic E-state index is 0.191. The Morgan fingerprint density at radius 3 is 2.53 bits per heavy atom. The standard InChI is InChI=1S/C24H29BN6O/c1-30-12-14-31(15-13-30)18-4-2-17(3-5-18)28-24-27-16-20-21(25)6-7-22(23(20)29-24)32-19-8-10-26-11-9-19/h2-7,16,19,26H,8-15H2,1H3,(H,27,28,29). The maximum absolute atomic E-state index is 6.30. The van der Waals surface area contributed by atoms with Gasteiger partial charge in [-0.2, -0.15) is 0 Å². The highest BCUT2D eigenvalue weighted by atomic mass is 16.5. The first-order valence-corrected chi connectivity index (χ1v) is 11.4. The van der Waals surface area contributed by atoms with Crippen molar-refractivity contribution in [2.75, 3.05) is 56.5 Å². The smallest absolute Gasteiger partial charge is 0.227 e. The van der Waals surface area contributed by atoms with Crippen molar-refractivity contribution in [1.29, 1.82) is 0 Å². The highest BCUT2D eigenvalue weighted by molar-refractivity contribution is 6.38. The monoisotopic (exact) mass is 428 g/mol. The van der Waals surface area contributed by atoms with Crippen LogP contribution in [0.5, 0.6) is 5.75 Å². The number of rotatable bonds is 5. The molecule has 0 amide bonds. The van der Waals surface area contributed by atoms with Crippen LogP contribution in [0.25, 0.3) is 10.9 Å². The molecule has 2 N–H and O–H groups in total. The predicted octanol–water partition coefficient (Wildman–Crippen LogP) is 2.05. The largest absolute Gasteiger partial charge is 0.488 e. The van der Waals surface area contributed by atoms with Gasteiger partial charge in [0.2, 0.25) is 5.95 Å². The Kier molecular flexibility index (Phi) is 6.14. The molecule has 2 saturated heterocycles. The summed E-state index contributed by atoms with van der Waals surface area (Å²) in [6, 6.07) is 12.2. The van der Waals surface area contributed by atoms with Crippen LogP contribution in [0.3, 0.4) is 0 Å². The van der Waals surface area contributed by atoms with Gasteiger partial charge in [-0.3, -0.25) is 0 Å². The van der Waals surface area contributed by atoms with Gasteiger partial charge >= 0.3 is 0 Å². The number of likely N-dealkylation sites (N-methyl/N-ethyl adjacent to an activating group) is 1. The van der Waals surface area contributed by atoms with E-state index in [1.807, 2.05) is 12.1 Å². The summed E-state index contributed by atoms with van der Waals surface area (Å²) in [4.78, 5) is 14.0. The average molecular weight is 428 g/mol. The van der Waals surface area contributed by atoms with E-state index in [0.717, 1.165) is 74.5 Å². The van der Waals surface area contributed by atoms with E-state index in [-0.39, 0.29) is 6.10 Å². The molecule has 2 aliphatic rings. The van der Waals surface area contributed by atoms with Crippen molar-refractivity contribution in [2.45, 2.75) is 18.9 Å². The maximum Gasteiger partial charge on any atom is 0.227 e. The molecule has 2 radical (unpaired) electrons. The van der Waals surface area contributed by atoms with Crippen molar-refractivity contribution in [3.63, 3.8) is 0 Å². The molecule has 32 heavy (non-hydrogen) atoms. The third-order valence-electron chi connectivity index (χ3n) is 6.32. The molecular weight excluding hydrogens is 399 g/mol. The number of benzene rings is 2. The number of ether oxygens (including phenoxy) is 1. The van der Waals surface area contributed by atoms with Gasteiger partial charge in [0.1, 0.15) is 25.2 Å². The van der Waals surface area contributed by atoms with Gasteiger partial charge in [-0.1, -0.05) is 11.5 Å². The second kappa shape index (κ2) is 9.34. The first kappa shape index (κ1) is 21.0. The van der Waals surface area contributed by atoms with Crippen molar-refractivity contribution < 1.29 is 4.74 Å². The second-order valence-electron chi connectivity index (χ2n) is 8.64. The minimum absolute atomic E-state index is 0.191. The van der Waals surface area contributed by atoms with Gasteiger partial charge in [-0.05, 0) is 63.3 Å². The zero-order valence-electron chi connectivity index (χ0n) is 18.6. The van der Waals surface area contributed by atoms with E-state index in [1.54, 1.807) is 6.20 Å². The molecule has 0 bridgehead atoms. The van der Waals surface area contributed by atoms with Crippen LogP contribution < -0.4 is 25.7 Å². The molecule has 0 atom stereocenters. The van der Waals surface area contributed by atoms with Crippen molar-refractivity contribution in [1.82, 2.24) is 20.2 Å². The van der Waals surface area contributed by atoms with Gasteiger partial charge in [0.15, 0.2) is 0 Å². The first-order valence-electron chi connectivity index (χ1n) is 11.4. The summed E-state index contributed by atoms with van der Waals surface area (Å²) in [6.45, 7) is 6.25. The fourth-order valence-electron chi connectivity index (χ4n) is 4.31. The maximum atomic E-state index is 6.30. The molecule has 2 fully saturated rings. The SMILES string of the molecule is [B]c1ccc(OC2CCNCC2)c2nc(Nc3ccc(N4CCN(C)CC4)cc3)ncc12. The molecule has 0 unspecified atom stereocenters. The normalized spacial score (nSPS) is 18.1. The summed E-state index contributed by atoms with van der Waals surface area (Å²) in [6.07, 6.45) is 3.94. The van der Waals surface area contributed by atoms with E-state index in [1.165, 1.54) is 5.69 Å². The lowest BCUT2D eigenvalue weighted by Crippen LogP contribution is -2.44. The van der Waals surface area contributed by atoms with Gasteiger partial charge in [0, 0.05) is 49.1 Å². The fraction of sp³-hybridized carbons (Fsp3) is 0.417. The lowest BCUT2D eigenvalue weighted by Gasteiger charge is -2.34. The van der Waals surface area contributed by atoms with Crippen molar-refractivity contribution in [2.24, 2.45) is 0 Å². The van der Waals surface area contributed by atoms with E-state index in [4.69, 9.17) is 17.6 Å². The number of fused-ring (bicyclic) bond motifs is 1. The lowest BCUT2D eigenvalue weighted by molar-refractivity contribution is 0.164. The summed E-state index contributed by atoms with van der Waals surface area (Å²) in [5, 5.41) is 7.51. The van der Waals surface area contributed by atoms with E-state index < -0.39 is 0 Å². The summed E-state index contributed by atoms with van der Waals surface area (Å²) >= 11 is 0. The Labute approximate surface area is 190 Å². The quantitative estimate of drug-likeness (QED) is 0.603. The number of nitrogens with one attached hydrogen (secondary N) is 2. The molecule has 2 aromatic carbocycles. The third kappa shape index (κ3) is 4.66. The number of piperazine rings is 1. The zero-order chi connectivity index (χ0) is 21.9. The molecule has 3 heterocycles. The van der Waals surface area contributed by atoms with Crippen LogP contribution in [-0.4, -0.2) is 75.1 Å². The molecule has 8 heteroatoms. The Balaban J connectivity index is 1.34. The molecule has 1 aromatic heterocycles. The molecule has 0 saturated carbocycles. The second-order valence-corrected chi connectivity index (χ2v) is 8.64. The van der Waals surface area contributed by atoms with Crippen LogP contribution >= 0.6 is 0 Å². The molecular formula is C24H29BN6O. The molecule has 0 aliphatic carbocycles. The number of hydrogen-bond acceptors (Lipinski definition) is 7. The van der Waals surface area contributed by atoms with Crippen LogP contribution in [-0.2, 0) is 0 Å². The molecule has 5 rings (SSSR count). The fourth-order valence-corrected chi connectivity index (χ4v) is 4.31. The summed E-state index contributed by atoms with van der Waals surface area (Å²) in [5.41, 5.74) is 3.59. The Bertz CT molecular complexity index is 1060. The number of nitrogens with zero attached hydrogens (tertiary/aromatic N) is 4. The number of anilines is 3. The molecule has 2 aliphatic heterocycles.